The fraction of sp³-hybridized carbons (Fsp3) is 0.875. The molecule has 1 N–H and O–H groups in total. The Labute approximate surface area is 84.8 Å². The van der Waals surface area contributed by atoms with E-state index in [0.717, 1.165) is 0 Å². The first-order valence-electron chi connectivity index (χ1n) is 4.68. The van der Waals surface area contributed by atoms with Crippen LogP contribution in [0.25, 0.3) is 0 Å². The highest BCUT2D eigenvalue weighted by Gasteiger charge is 2.26. The predicted octanol–water partition coefficient (Wildman–Crippen LogP) is -0.476. The van der Waals surface area contributed by atoms with Crippen LogP contribution in [0.15, 0.2) is 0 Å². The van der Waals surface area contributed by atoms with Crippen LogP contribution < -0.4 is 5.32 Å². The van der Waals surface area contributed by atoms with E-state index in [1.54, 1.807) is 6.92 Å². The summed E-state index contributed by atoms with van der Waals surface area (Å²) in [4.78, 5) is 0. The molecule has 0 aromatic heterocycles. The molecular weight excluding hydrogens is 202 g/mol. The van der Waals surface area contributed by atoms with Crippen molar-refractivity contribution in [1.82, 2.24) is 9.62 Å². The molecule has 0 aromatic rings. The van der Waals surface area contributed by atoms with Gasteiger partial charge < -0.3 is 5.32 Å². The lowest BCUT2D eigenvalue weighted by Crippen LogP contribution is -2.52. The Morgan fingerprint density at radius 1 is 1.64 bits per heavy atom. The molecule has 80 valence electrons. The molecule has 1 unspecified atom stereocenters. The summed E-state index contributed by atoms with van der Waals surface area (Å²) in [6.45, 7) is 3.20. The van der Waals surface area contributed by atoms with Crippen LogP contribution in [-0.2, 0) is 10.0 Å². The Balaban J connectivity index is 2.61. The minimum atomic E-state index is -3.09. The summed E-state index contributed by atoms with van der Waals surface area (Å²) in [6.07, 6.45) is 0.357. The summed E-state index contributed by atoms with van der Waals surface area (Å²) in [5.41, 5.74) is 0. The Morgan fingerprint density at radius 2 is 2.36 bits per heavy atom. The second kappa shape index (κ2) is 4.73. The Kier molecular flexibility index (Phi) is 3.86. The number of nitrogens with zero attached hydrogens (tertiary/aromatic N) is 2. The van der Waals surface area contributed by atoms with Crippen molar-refractivity contribution < 1.29 is 8.42 Å². The molecule has 5 nitrogen and oxygen atoms in total. The summed E-state index contributed by atoms with van der Waals surface area (Å²) in [7, 11) is -3.09. The van der Waals surface area contributed by atoms with Crippen molar-refractivity contribution in [3.63, 3.8) is 0 Å². The van der Waals surface area contributed by atoms with Crippen LogP contribution in [0.4, 0.5) is 0 Å². The van der Waals surface area contributed by atoms with E-state index < -0.39 is 10.0 Å². The molecule has 0 saturated carbocycles. The minimum Gasteiger partial charge on any atom is -0.310 e. The normalized spacial score (nSPS) is 24.4. The van der Waals surface area contributed by atoms with E-state index in [-0.39, 0.29) is 11.8 Å². The molecule has 1 heterocycles. The largest absolute Gasteiger partial charge is 0.310 e. The highest BCUT2D eigenvalue weighted by Crippen LogP contribution is 2.08. The Morgan fingerprint density at radius 3 is 2.93 bits per heavy atom. The third kappa shape index (κ3) is 2.67. The molecule has 0 spiro atoms. The first-order valence-corrected chi connectivity index (χ1v) is 6.29. The second-order valence-corrected chi connectivity index (χ2v) is 5.53. The molecule has 0 aliphatic carbocycles. The van der Waals surface area contributed by atoms with Gasteiger partial charge in [-0.25, -0.2) is 8.42 Å². The van der Waals surface area contributed by atoms with E-state index in [1.165, 1.54) is 4.31 Å². The summed E-state index contributed by atoms with van der Waals surface area (Å²) in [5, 5.41) is 11.6. The van der Waals surface area contributed by atoms with Crippen molar-refractivity contribution in [1.29, 1.82) is 5.26 Å². The molecule has 6 heteroatoms. The van der Waals surface area contributed by atoms with Crippen LogP contribution in [0, 0.1) is 11.3 Å². The number of nitrogens with one attached hydrogen (secondary N) is 1. The Bertz CT molecular complexity index is 320. The first-order chi connectivity index (χ1) is 6.60. The van der Waals surface area contributed by atoms with Gasteiger partial charge in [-0.05, 0) is 6.92 Å². The summed E-state index contributed by atoms with van der Waals surface area (Å²) in [5.74, 6) is 0.131. The van der Waals surface area contributed by atoms with Crippen LogP contribution in [0.2, 0.25) is 0 Å². The monoisotopic (exact) mass is 217 g/mol. The van der Waals surface area contributed by atoms with Crippen molar-refractivity contribution in [2.24, 2.45) is 0 Å². The molecule has 0 amide bonds. The number of hydrogen-bond acceptors (Lipinski definition) is 4. The quantitative estimate of drug-likeness (QED) is 0.693. The van der Waals surface area contributed by atoms with Gasteiger partial charge in [0.05, 0.1) is 18.2 Å². The molecule has 1 aliphatic heterocycles. The van der Waals surface area contributed by atoms with Crippen LogP contribution in [0.5, 0.6) is 0 Å². The van der Waals surface area contributed by atoms with Crippen molar-refractivity contribution in [3.8, 4) is 6.07 Å². The van der Waals surface area contributed by atoms with E-state index in [4.69, 9.17) is 5.26 Å². The number of nitriles is 1. The van der Waals surface area contributed by atoms with E-state index in [1.807, 2.05) is 6.07 Å². The molecule has 1 atom stereocenters. The Hall–Kier alpha value is -0.640. The van der Waals surface area contributed by atoms with Crippen molar-refractivity contribution >= 4 is 10.0 Å². The maximum absolute atomic E-state index is 11.5. The van der Waals surface area contributed by atoms with Gasteiger partial charge in [0, 0.05) is 25.7 Å². The first kappa shape index (κ1) is 11.4. The SMILES string of the molecule is CCS(=O)(=O)N1CCNC(CC#N)C1. The molecule has 1 rings (SSSR count). The van der Waals surface area contributed by atoms with Gasteiger partial charge >= 0.3 is 0 Å². The topological polar surface area (TPSA) is 73.2 Å². The zero-order valence-electron chi connectivity index (χ0n) is 8.23. The maximum atomic E-state index is 11.5. The lowest BCUT2D eigenvalue weighted by Gasteiger charge is -2.31. The third-order valence-electron chi connectivity index (χ3n) is 2.31. The lowest BCUT2D eigenvalue weighted by molar-refractivity contribution is 0.300. The number of rotatable bonds is 3. The fourth-order valence-corrected chi connectivity index (χ4v) is 2.62. The van der Waals surface area contributed by atoms with Gasteiger partial charge in [0.15, 0.2) is 0 Å². The molecule has 1 fully saturated rings. The van der Waals surface area contributed by atoms with Crippen molar-refractivity contribution in [2.45, 2.75) is 19.4 Å². The van der Waals surface area contributed by atoms with Gasteiger partial charge in [-0.15, -0.1) is 0 Å². The van der Waals surface area contributed by atoms with Gasteiger partial charge in [-0.3, -0.25) is 0 Å². The summed E-state index contributed by atoms with van der Waals surface area (Å²) >= 11 is 0. The van der Waals surface area contributed by atoms with Gasteiger partial charge in [0.25, 0.3) is 0 Å². The smallest absolute Gasteiger partial charge is 0.213 e. The number of piperazine rings is 1. The van der Waals surface area contributed by atoms with Crippen LogP contribution >= 0.6 is 0 Å². The van der Waals surface area contributed by atoms with E-state index in [9.17, 15) is 8.42 Å². The van der Waals surface area contributed by atoms with Crippen molar-refractivity contribution in [2.75, 3.05) is 25.4 Å². The van der Waals surface area contributed by atoms with Gasteiger partial charge in [-0.2, -0.15) is 9.57 Å². The molecule has 14 heavy (non-hydrogen) atoms. The lowest BCUT2D eigenvalue weighted by atomic mass is 10.2. The van der Waals surface area contributed by atoms with Crippen LogP contribution in [0.3, 0.4) is 0 Å². The third-order valence-corrected chi connectivity index (χ3v) is 4.16. The molecule has 0 bridgehead atoms. The second-order valence-electron chi connectivity index (χ2n) is 3.27. The maximum Gasteiger partial charge on any atom is 0.213 e. The standard InChI is InChI=1S/C8H15N3O2S/c1-2-14(12,13)11-6-5-10-8(7-11)3-4-9/h8,10H,2-3,5-7H2,1H3. The zero-order valence-corrected chi connectivity index (χ0v) is 9.05. The van der Waals surface area contributed by atoms with E-state index >= 15 is 0 Å². The van der Waals surface area contributed by atoms with Crippen molar-refractivity contribution in [3.05, 3.63) is 0 Å². The average molecular weight is 217 g/mol. The van der Waals surface area contributed by atoms with Crippen LogP contribution in [-0.4, -0.2) is 44.2 Å². The summed E-state index contributed by atoms with van der Waals surface area (Å²) < 4.78 is 24.5. The zero-order chi connectivity index (χ0) is 10.6. The molecule has 1 aliphatic rings. The summed E-state index contributed by atoms with van der Waals surface area (Å²) in [6, 6.07) is 2.02. The molecular formula is C8H15N3O2S. The average Bonchev–Trinajstić information content (AvgIpc) is 2.19. The van der Waals surface area contributed by atoms with Gasteiger partial charge in [0.2, 0.25) is 10.0 Å². The van der Waals surface area contributed by atoms with Crippen LogP contribution in [0.1, 0.15) is 13.3 Å². The van der Waals surface area contributed by atoms with E-state index in [0.29, 0.717) is 26.1 Å². The molecule has 1 saturated heterocycles. The van der Waals surface area contributed by atoms with Gasteiger partial charge in [0.1, 0.15) is 0 Å². The van der Waals surface area contributed by atoms with E-state index in [2.05, 4.69) is 5.32 Å². The highest BCUT2D eigenvalue weighted by molar-refractivity contribution is 7.89. The molecule has 0 radical (unpaired) electrons. The predicted molar refractivity (Wildman–Crippen MR) is 53.1 cm³/mol. The minimum absolute atomic E-state index is 0.0184. The highest BCUT2D eigenvalue weighted by atomic mass is 32.2. The number of sulfonamides is 1. The molecule has 0 aromatic carbocycles. The number of hydrogen-bond donors (Lipinski definition) is 1. The van der Waals surface area contributed by atoms with Gasteiger partial charge in [-0.1, -0.05) is 0 Å². The fourth-order valence-electron chi connectivity index (χ4n) is 1.48.